The van der Waals surface area contributed by atoms with E-state index in [2.05, 4.69) is 20.9 Å². The second kappa shape index (κ2) is 8.35. The molecule has 3 aromatic rings. The molecule has 0 aliphatic carbocycles. The molecule has 1 aliphatic rings. The van der Waals surface area contributed by atoms with E-state index in [1.54, 1.807) is 19.5 Å². The smallest absolute Gasteiger partial charge is 0.165 e. The Hall–Kier alpha value is -2.99. The number of pyridine rings is 1. The van der Waals surface area contributed by atoms with Crippen LogP contribution in [0.2, 0.25) is 0 Å². The Kier molecular flexibility index (Phi) is 5.48. The predicted octanol–water partition coefficient (Wildman–Crippen LogP) is 3.50. The molecule has 2 aromatic heterocycles. The number of aromatic nitrogens is 3. The van der Waals surface area contributed by atoms with Gasteiger partial charge in [0.2, 0.25) is 0 Å². The fourth-order valence-corrected chi connectivity index (χ4v) is 3.54. The van der Waals surface area contributed by atoms with Gasteiger partial charge in [0.15, 0.2) is 17.3 Å². The van der Waals surface area contributed by atoms with Crippen molar-refractivity contribution in [3.8, 4) is 22.9 Å². The lowest BCUT2D eigenvalue weighted by Crippen LogP contribution is -2.31. The summed E-state index contributed by atoms with van der Waals surface area (Å²) >= 11 is 0. The molecule has 0 saturated heterocycles. The number of para-hydroxylation sites is 1. The van der Waals surface area contributed by atoms with Crippen molar-refractivity contribution in [2.75, 3.05) is 20.3 Å². The second-order valence-electron chi connectivity index (χ2n) is 6.75. The average Bonchev–Trinajstić information content (AvgIpc) is 2.75. The third-order valence-electron chi connectivity index (χ3n) is 4.90. The van der Waals surface area contributed by atoms with E-state index < -0.39 is 0 Å². The highest BCUT2D eigenvalue weighted by Gasteiger charge is 2.21. The number of hydrogen-bond donors (Lipinski definition) is 0. The second-order valence-corrected chi connectivity index (χ2v) is 6.75. The summed E-state index contributed by atoms with van der Waals surface area (Å²) in [5.74, 6) is 2.36. The monoisotopic (exact) mass is 376 g/mol. The summed E-state index contributed by atoms with van der Waals surface area (Å²) in [7, 11) is 1.68. The largest absolute Gasteiger partial charge is 0.493 e. The van der Waals surface area contributed by atoms with Crippen molar-refractivity contribution in [1.29, 1.82) is 0 Å². The Bertz CT molecular complexity index is 947. The number of nitrogens with zero attached hydrogens (tertiary/aromatic N) is 4. The van der Waals surface area contributed by atoms with Gasteiger partial charge in [0.05, 0.1) is 19.4 Å². The van der Waals surface area contributed by atoms with Gasteiger partial charge in [-0.05, 0) is 25.1 Å². The van der Waals surface area contributed by atoms with Gasteiger partial charge < -0.3 is 9.47 Å². The Labute approximate surface area is 165 Å². The molecule has 0 N–H and O–H groups in total. The van der Waals surface area contributed by atoms with Crippen LogP contribution in [0, 0.1) is 0 Å². The Morgan fingerprint density at radius 3 is 2.86 bits per heavy atom. The van der Waals surface area contributed by atoms with Crippen molar-refractivity contribution < 1.29 is 9.47 Å². The van der Waals surface area contributed by atoms with Crippen molar-refractivity contribution in [3.63, 3.8) is 0 Å². The summed E-state index contributed by atoms with van der Waals surface area (Å²) < 4.78 is 11.3. The van der Waals surface area contributed by atoms with Crippen molar-refractivity contribution >= 4 is 0 Å². The van der Waals surface area contributed by atoms with Crippen LogP contribution in [0.3, 0.4) is 0 Å². The molecule has 6 nitrogen and oxygen atoms in total. The van der Waals surface area contributed by atoms with Gasteiger partial charge in [0.25, 0.3) is 0 Å². The van der Waals surface area contributed by atoms with E-state index in [0.29, 0.717) is 6.61 Å². The molecule has 0 radical (unpaired) electrons. The maximum Gasteiger partial charge on any atom is 0.165 e. The van der Waals surface area contributed by atoms with E-state index in [4.69, 9.17) is 14.5 Å². The standard InChI is InChI=1S/C22H24N4O2/c1-3-28-21-17(6-4-8-20(21)27-2)14-26-11-9-19-18(15-26)13-24-22(25-19)16-7-5-10-23-12-16/h4-8,10,12-13H,3,9,11,14-15H2,1-2H3. The van der Waals surface area contributed by atoms with E-state index in [1.165, 1.54) is 5.56 Å². The first-order chi connectivity index (χ1) is 13.8. The molecule has 0 atom stereocenters. The van der Waals surface area contributed by atoms with Gasteiger partial charge >= 0.3 is 0 Å². The zero-order valence-electron chi connectivity index (χ0n) is 16.3. The first-order valence-electron chi connectivity index (χ1n) is 9.54. The van der Waals surface area contributed by atoms with E-state index in [1.807, 2.05) is 37.4 Å². The minimum Gasteiger partial charge on any atom is -0.493 e. The molecule has 0 spiro atoms. The van der Waals surface area contributed by atoms with Gasteiger partial charge in [-0.3, -0.25) is 9.88 Å². The number of hydrogen-bond acceptors (Lipinski definition) is 6. The summed E-state index contributed by atoms with van der Waals surface area (Å²) in [6, 6.07) is 9.95. The fraction of sp³-hybridized carbons (Fsp3) is 0.318. The lowest BCUT2D eigenvalue weighted by atomic mass is 10.1. The summed E-state index contributed by atoms with van der Waals surface area (Å²) in [6.45, 7) is 5.17. The SMILES string of the molecule is CCOc1c(CN2CCc3nc(-c4cccnc4)ncc3C2)cccc1OC. The van der Waals surface area contributed by atoms with Crippen molar-refractivity contribution in [2.24, 2.45) is 0 Å². The molecular weight excluding hydrogens is 352 g/mol. The molecule has 3 heterocycles. The first kappa shape index (κ1) is 18.4. The highest BCUT2D eigenvalue weighted by atomic mass is 16.5. The van der Waals surface area contributed by atoms with Crippen LogP contribution < -0.4 is 9.47 Å². The van der Waals surface area contributed by atoms with Gasteiger partial charge in [-0.1, -0.05) is 12.1 Å². The van der Waals surface area contributed by atoms with E-state index in [-0.39, 0.29) is 0 Å². The first-order valence-corrected chi connectivity index (χ1v) is 9.54. The van der Waals surface area contributed by atoms with Crippen molar-refractivity contribution in [2.45, 2.75) is 26.4 Å². The molecule has 144 valence electrons. The summed E-state index contributed by atoms with van der Waals surface area (Å²) in [6.07, 6.45) is 6.41. The normalized spacial score (nSPS) is 13.8. The predicted molar refractivity (Wildman–Crippen MR) is 107 cm³/mol. The highest BCUT2D eigenvalue weighted by molar-refractivity contribution is 5.53. The third kappa shape index (κ3) is 3.82. The molecular formula is C22H24N4O2. The molecule has 1 aliphatic heterocycles. The number of ether oxygens (including phenoxy) is 2. The van der Waals surface area contributed by atoms with Crippen LogP contribution in [0.5, 0.6) is 11.5 Å². The van der Waals surface area contributed by atoms with Gasteiger partial charge in [0, 0.05) is 61.3 Å². The molecule has 0 bridgehead atoms. The van der Waals surface area contributed by atoms with Crippen LogP contribution in [-0.4, -0.2) is 40.1 Å². The van der Waals surface area contributed by atoms with Gasteiger partial charge in [0.1, 0.15) is 0 Å². The Morgan fingerprint density at radius 2 is 2.07 bits per heavy atom. The number of benzene rings is 1. The van der Waals surface area contributed by atoms with Gasteiger partial charge in [-0.15, -0.1) is 0 Å². The minimum absolute atomic E-state index is 0.612. The van der Waals surface area contributed by atoms with Crippen molar-refractivity contribution in [1.82, 2.24) is 19.9 Å². The van der Waals surface area contributed by atoms with E-state index in [0.717, 1.165) is 60.2 Å². The topological polar surface area (TPSA) is 60.4 Å². The van der Waals surface area contributed by atoms with Gasteiger partial charge in [-0.2, -0.15) is 0 Å². The van der Waals surface area contributed by atoms with E-state index >= 15 is 0 Å². The molecule has 28 heavy (non-hydrogen) atoms. The third-order valence-corrected chi connectivity index (χ3v) is 4.90. The summed E-state index contributed by atoms with van der Waals surface area (Å²) in [4.78, 5) is 15.9. The van der Waals surface area contributed by atoms with Crippen LogP contribution in [0.1, 0.15) is 23.7 Å². The highest BCUT2D eigenvalue weighted by Crippen LogP contribution is 2.33. The molecule has 0 unspecified atom stereocenters. The molecule has 0 fully saturated rings. The van der Waals surface area contributed by atoms with Crippen LogP contribution in [0.15, 0.2) is 48.9 Å². The summed E-state index contributed by atoms with van der Waals surface area (Å²) in [5, 5.41) is 0. The molecule has 0 saturated carbocycles. The number of fused-ring (bicyclic) bond motifs is 1. The minimum atomic E-state index is 0.612. The summed E-state index contributed by atoms with van der Waals surface area (Å²) in [5.41, 5.74) is 4.39. The zero-order valence-corrected chi connectivity index (χ0v) is 16.3. The Morgan fingerprint density at radius 1 is 1.14 bits per heavy atom. The molecule has 1 aromatic carbocycles. The van der Waals surface area contributed by atoms with Crippen LogP contribution >= 0.6 is 0 Å². The lowest BCUT2D eigenvalue weighted by Gasteiger charge is -2.29. The molecule has 6 heteroatoms. The quantitative estimate of drug-likeness (QED) is 0.656. The zero-order chi connectivity index (χ0) is 19.3. The number of rotatable bonds is 6. The maximum atomic E-state index is 5.85. The van der Waals surface area contributed by atoms with Crippen LogP contribution in [-0.2, 0) is 19.5 Å². The van der Waals surface area contributed by atoms with Gasteiger partial charge in [-0.25, -0.2) is 9.97 Å². The average molecular weight is 376 g/mol. The maximum absolute atomic E-state index is 5.85. The lowest BCUT2D eigenvalue weighted by molar-refractivity contribution is 0.234. The van der Waals surface area contributed by atoms with Crippen LogP contribution in [0.4, 0.5) is 0 Å². The van der Waals surface area contributed by atoms with Crippen molar-refractivity contribution in [3.05, 3.63) is 65.7 Å². The van der Waals surface area contributed by atoms with E-state index in [9.17, 15) is 0 Å². The molecule has 0 amide bonds. The Balaban J connectivity index is 1.52. The fourth-order valence-electron chi connectivity index (χ4n) is 3.54. The molecule has 4 rings (SSSR count). The number of methoxy groups -OCH3 is 1. The van der Waals surface area contributed by atoms with Crippen LogP contribution in [0.25, 0.3) is 11.4 Å².